The normalized spacial score (nSPS) is 17.2. The molecule has 1 atom stereocenters. The van der Waals surface area contributed by atoms with E-state index < -0.39 is 0 Å². The topological polar surface area (TPSA) is 71.3 Å². The average Bonchev–Trinajstić information content (AvgIpc) is 3.19. The number of benzene rings is 2. The van der Waals surface area contributed by atoms with E-state index in [1.807, 2.05) is 36.4 Å². The van der Waals surface area contributed by atoms with Crippen molar-refractivity contribution >= 4 is 45.8 Å². The molecule has 1 amide bonds. The van der Waals surface area contributed by atoms with Gasteiger partial charge < -0.3 is 9.84 Å². The van der Waals surface area contributed by atoms with E-state index in [-0.39, 0.29) is 11.8 Å². The van der Waals surface area contributed by atoms with Crippen LogP contribution in [0.5, 0.6) is 0 Å². The molecule has 0 bridgehead atoms. The summed E-state index contributed by atoms with van der Waals surface area (Å²) in [7, 11) is 0. The molecule has 0 aliphatic carbocycles. The smallest absolute Gasteiger partial charge is 0.241 e. The number of carbonyl (C=O) groups excluding carboxylic acids is 1. The molecule has 29 heavy (non-hydrogen) atoms. The van der Waals surface area contributed by atoms with Crippen LogP contribution in [0.1, 0.15) is 18.7 Å². The number of halogens is 2. The quantitative estimate of drug-likeness (QED) is 0.485. The van der Waals surface area contributed by atoms with Crippen LogP contribution < -0.4 is 5.32 Å². The number of piperidine rings is 1. The van der Waals surface area contributed by atoms with E-state index in [4.69, 9.17) is 16.1 Å². The number of hydrogen-bond donors (Lipinski definition) is 1. The van der Waals surface area contributed by atoms with Gasteiger partial charge in [0.05, 0.1) is 12.5 Å². The Balaban J connectivity index is 1.35. The van der Waals surface area contributed by atoms with E-state index in [0.29, 0.717) is 29.8 Å². The molecule has 1 saturated heterocycles. The molecule has 1 unspecified atom stereocenters. The maximum absolute atomic E-state index is 12.7. The molecule has 1 aromatic heterocycles. The second-order valence-electron chi connectivity index (χ2n) is 7.09. The van der Waals surface area contributed by atoms with Gasteiger partial charge in [-0.1, -0.05) is 16.8 Å². The molecule has 1 N–H and O–H groups in total. The highest BCUT2D eigenvalue weighted by molar-refractivity contribution is 14.1. The zero-order valence-corrected chi connectivity index (χ0v) is 18.6. The van der Waals surface area contributed by atoms with Crippen LogP contribution in [0.3, 0.4) is 0 Å². The van der Waals surface area contributed by atoms with Gasteiger partial charge in [-0.05, 0) is 90.5 Å². The minimum Gasteiger partial charge on any atom is -0.338 e. The number of nitrogens with zero attached hydrogens (tertiary/aromatic N) is 3. The lowest BCUT2D eigenvalue weighted by atomic mass is 9.97. The molecule has 4 rings (SSSR count). The Morgan fingerprint density at radius 2 is 1.97 bits per heavy atom. The summed E-state index contributed by atoms with van der Waals surface area (Å²) in [5, 5.41) is 7.75. The van der Waals surface area contributed by atoms with Gasteiger partial charge in [-0.3, -0.25) is 9.69 Å². The zero-order valence-electron chi connectivity index (χ0n) is 15.6. The van der Waals surface area contributed by atoms with Gasteiger partial charge in [0.15, 0.2) is 0 Å². The third-order valence-electron chi connectivity index (χ3n) is 4.92. The molecule has 150 valence electrons. The van der Waals surface area contributed by atoms with Crippen molar-refractivity contribution in [1.29, 1.82) is 0 Å². The number of likely N-dealkylation sites (tertiary alicyclic amines) is 1. The van der Waals surface area contributed by atoms with E-state index in [9.17, 15) is 4.79 Å². The van der Waals surface area contributed by atoms with Crippen molar-refractivity contribution in [2.45, 2.75) is 19.4 Å². The Morgan fingerprint density at radius 3 is 2.72 bits per heavy atom. The Kier molecular flexibility index (Phi) is 6.46. The van der Waals surface area contributed by atoms with E-state index in [0.717, 1.165) is 34.2 Å². The molecule has 2 heterocycles. The van der Waals surface area contributed by atoms with Crippen molar-refractivity contribution in [2.75, 3.05) is 18.4 Å². The summed E-state index contributed by atoms with van der Waals surface area (Å²) in [4.78, 5) is 19.3. The second kappa shape index (κ2) is 9.23. The highest BCUT2D eigenvalue weighted by atomic mass is 127. The molecular weight excluding hydrogens is 503 g/mol. The third kappa shape index (κ3) is 5.34. The first-order chi connectivity index (χ1) is 14.1. The van der Waals surface area contributed by atoms with Crippen molar-refractivity contribution in [3.05, 3.63) is 63.0 Å². The number of aromatic nitrogens is 2. The summed E-state index contributed by atoms with van der Waals surface area (Å²) in [6.45, 7) is 2.12. The first-order valence-corrected chi connectivity index (χ1v) is 10.9. The number of anilines is 1. The number of carbonyl (C=O) groups is 1. The molecule has 3 aromatic rings. The van der Waals surface area contributed by atoms with Gasteiger partial charge in [0.1, 0.15) is 0 Å². The fraction of sp³-hybridized carbons (Fsp3) is 0.286. The largest absolute Gasteiger partial charge is 0.338 e. The number of rotatable bonds is 5. The van der Waals surface area contributed by atoms with Crippen molar-refractivity contribution in [1.82, 2.24) is 15.0 Å². The second-order valence-corrected chi connectivity index (χ2v) is 8.77. The highest BCUT2D eigenvalue weighted by Gasteiger charge is 2.27. The van der Waals surface area contributed by atoms with Crippen molar-refractivity contribution < 1.29 is 9.32 Å². The predicted octanol–water partition coefficient (Wildman–Crippen LogP) is 4.85. The Bertz CT molecular complexity index is 975. The molecule has 1 aliphatic rings. The van der Waals surface area contributed by atoms with Gasteiger partial charge >= 0.3 is 0 Å². The van der Waals surface area contributed by atoms with Crippen LogP contribution in [0.15, 0.2) is 53.1 Å². The highest BCUT2D eigenvalue weighted by Crippen LogP contribution is 2.22. The Morgan fingerprint density at radius 1 is 1.21 bits per heavy atom. The van der Waals surface area contributed by atoms with Gasteiger partial charge in [-0.25, -0.2) is 0 Å². The lowest BCUT2D eigenvalue weighted by Gasteiger charge is -2.30. The van der Waals surface area contributed by atoms with Crippen molar-refractivity contribution in [3.63, 3.8) is 0 Å². The standard InChI is InChI=1S/C21H20ClIN4O2/c22-16-5-3-14(4-6-16)20-25-19(29-26-20)13-27-11-1-2-15(12-27)21(28)24-18-9-7-17(23)8-10-18/h3-10,15H,1-2,11-13H2,(H,24,28). The number of amides is 1. The lowest BCUT2D eigenvalue weighted by molar-refractivity contribution is -0.121. The first-order valence-electron chi connectivity index (χ1n) is 9.44. The van der Waals surface area contributed by atoms with Crippen molar-refractivity contribution in [3.8, 4) is 11.4 Å². The minimum absolute atomic E-state index is 0.0540. The third-order valence-corrected chi connectivity index (χ3v) is 5.89. The van der Waals surface area contributed by atoms with E-state index in [1.54, 1.807) is 12.1 Å². The van der Waals surface area contributed by atoms with Gasteiger partial charge in [-0.15, -0.1) is 0 Å². The monoisotopic (exact) mass is 522 g/mol. The summed E-state index contributed by atoms with van der Waals surface area (Å²) in [6.07, 6.45) is 1.84. The average molecular weight is 523 g/mol. The van der Waals surface area contributed by atoms with Gasteiger partial charge in [0.25, 0.3) is 0 Å². The molecule has 1 aliphatic heterocycles. The van der Waals surface area contributed by atoms with E-state index in [2.05, 4.69) is 42.9 Å². The molecule has 6 nitrogen and oxygen atoms in total. The Labute approximate surface area is 187 Å². The molecular formula is C21H20ClIN4O2. The van der Waals surface area contributed by atoms with Crippen LogP contribution in [0.4, 0.5) is 5.69 Å². The van der Waals surface area contributed by atoms with Crippen LogP contribution in [0.25, 0.3) is 11.4 Å². The summed E-state index contributed by atoms with van der Waals surface area (Å²) in [5.41, 5.74) is 1.69. The fourth-order valence-corrected chi connectivity index (χ4v) is 3.90. The summed E-state index contributed by atoms with van der Waals surface area (Å²) in [5.74, 6) is 1.10. The van der Waals surface area contributed by atoms with Crippen LogP contribution in [-0.2, 0) is 11.3 Å². The van der Waals surface area contributed by atoms with Gasteiger partial charge in [0, 0.05) is 26.4 Å². The molecule has 2 aromatic carbocycles. The van der Waals surface area contributed by atoms with E-state index >= 15 is 0 Å². The molecule has 1 fully saturated rings. The summed E-state index contributed by atoms with van der Waals surface area (Å²) >= 11 is 8.17. The molecule has 0 saturated carbocycles. The zero-order chi connectivity index (χ0) is 20.2. The minimum atomic E-state index is -0.0540. The molecule has 0 radical (unpaired) electrons. The SMILES string of the molecule is O=C(Nc1ccc(I)cc1)C1CCCN(Cc2nc(-c3ccc(Cl)cc3)no2)C1. The summed E-state index contributed by atoms with van der Waals surface area (Å²) in [6, 6.07) is 15.1. The van der Waals surface area contributed by atoms with E-state index in [1.165, 1.54) is 0 Å². The lowest BCUT2D eigenvalue weighted by Crippen LogP contribution is -2.40. The van der Waals surface area contributed by atoms with Crippen LogP contribution in [0, 0.1) is 9.49 Å². The number of hydrogen-bond acceptors (Lipinski definition) is 5. The van der Waals surface area contributed by atoms with Crippen molar-refractivity contribution in [2.24, 2.45) is 5.92 Å². The first kappa shape index (κ1) is 20.3. The fourth-order valence-electron chi connectivity index (χ4n) is 3.42. The number of nitrogens with one attached hydrogen (secondary N) is 1. The maximum atomic E-state index is 12.7. The molecule has 0 spiro atoms. The summed E-state index contributed by atoms with van der Waals surface area (Å²) < 4.78 is 6.56. The van der Waals surface area contributed by atoms with Gasteiger partial charge in [0.2, 0.25) is 17.6 Å². The van der Waals surface area contributed by atoms with Gasteiger partial charge in [-0.2, -0.15) is 4.98 Å². The van der Waals surface area contributed by atoms with Crippen LogP contribution in [0.2, 0.25) is 5.02 Å². The van der Waals surface area contributed by atoms with Crippen LogP contribution >= 0.6 is 34.2 Å². The van der Waals surface area contributed by atoms with Crippen LogP contribution in [-0.4, -0.2) is 34.0 Å². The Hall–Kier alpha value is -1.97. The predicted molar refractivity (Wildman–Crippen MR) is 121 cm³/mol. The maximum Gasteiger partial charge on any atom is 0.241 e. The molecule has 8 heteroatoms.